The van der Waals surface area contributed by atoms with Crippen LogP contribution in [0, 0.1) is 5.41 Å². The van der Waals surface area contributed by atoms with Crippen LogP contribution in [-0.4, -0.2) is 10.7 Å². The summed E-state index contributed by atoms with van der Waals surface area (Å²) in [6, 6.07) is 0. The molecule has 2 heteroatoms. The molecule has 0 fully saturated rings. The standard InChI is InChI=1S/C15H32O.H3N/c1-6-10-14(5,16)15(11-7-2,12-8-3)13-9-4;/h16H,6-13H2,1-5H3;1H3. The van der Waals surface area contributed by atoms with Crippen LogP contribution in [0.3, 0.4) is 0 Å². The van der Waals surface area contributed by atoms with Gasteiger partial charge in [-0.2, -0.15) is 0 Å². The fourth-order valence-electron chi connectivity index (χ4n) is 3.37. The molecule has 2 nitrogen and oxygen atoms in total. The van der Waals surface area contributed by atoms with Gasteiger partial charge in [-0.25, -0.2) is 0 Å². The summed E-state index contributed by atoms with van der Waals surface area (Å²) in [7, 11) is 0. The third-order valence-corrected chi connectivity index (χ3v) is 4.06. The Bertz CT molecular complexity index is 161. The fourth-order valence-corrected chi connectivity index (χ4v) is 3.37. The Balaban J connectivity index is 0. The second kappa shape index (κ2) is 8.93. The Morgan fingerprint density at radius 2 is 1.00 bits per heavy atom. The number of hydrogen-bond donors (Lipinski definition) is 2. The summed E-state index contributed by atoms with van der Waals surface area (Å²) in [5.41, 5.74) is -0.328. The second-order valence-corrected chi connectivity index (χ2v) is 5.55. The van der Waals surface area contributed by atoms with Crippen LogP contribution < -0.4 is 6.15 Å². The first kappa shape index (κ1) is 19.3. The minimum atomic E-state index is -0.482. The van der Waals surface area contributed by atoms with E-state index >= 15 is 0 Å². The summed E-state index contributed by atoms with van der Waals surface area (Å²) in [6.07, 6.45) is 9.06. The summed E-state index contributed by atoms with van der Waals surface area (Å²) in [6.45, 7) is 11.0. The Hall–Kier alpha value is -0.0800. The molecule has 1 unspecified atom stereocenters. The van der Waals surface area contributed by atoms with Crippen LogP contribution in [0.1, 0.15) is 86.0 Å². The average Bonchev–Trinajstić information content (AvgIpc) is 2.18. The van der Waals surface area contributed by atoms with Crippen LogP contribution in [0.15, 0.2) is 0 Å². The Morgan fingerprint density at radius 1 is 0.706 bits per heavy atom. The molecule has 0 aromatic heterocycles. The van der Waals surface area contributed by atoms with E-state index in [4.69, 9.17) is 0 Å². The Kier molecular flexibility index (Phi) is 10.1. The minimum Gasteiger partial charge on any atom is -0.390 e. The first-order valence-corrected chi connectivity index (χ1v) is 7.22. The van der Waals surface area contributed by atoms with E-state index in [0.717, 1.165) is 12.8 Å². The quantitative estimate of drug-likeness (QED) is 0.594. The van der Waals surface area contributed by atoms with E-state index in [1.165, 1.54) is 38.5 Å². The molecule has 0 spiro atoms. The summed E-state index contributed by atoms with van der Waals surface area (Å²) < 4.78 is 0. The molecule has 0 radical (unpaired) electrons. The molecule has 106 valence electrons. The Labute approximate surface area is 109 Å². The zero-order valence-corrected chi connectivity index (χ0v) is 12.8. The fraction of sp³-hybridized carbons (Fsp3) is 1.00. The van der Waals surface area contributed by atoms with Crippen molar-refractivity contribution in [2.45, 2.75) is 91.6 Å². The first-order chi connectivity index (χ1) is 7.49. The highest BCUT2D eigenvalue weighted by atomic mass is 16.3. The molecular formula is C15H35NO. The van der Waals surface area contributed by atoms with Gasteiger partial charge in [0.25, 0.3) is 0 Å². The maximum Gasteiger partial charge on any atom is 0.0675 e. The third kappa shape index (κ3) is 4.97. The van der Waals surface area contributed by atoms with Crippen LogP contribution in [0.4, 0.5) is 0 Å². The van der Waals surface area contributed by atoms with E-state index in [1.54, 1.807) is 0 Å². The van der Waals surface area contributed by atoms with Crippen molar-refractivity contribution in [3.8, 4) is 0 Å². The first-order valence-electron chi connectivity index (χ1n) is 7.22. The van der Waals surface area contributed by atoms with Crippen LogP contribution in [0.2, 0.25) is 0 Å². The normalized spacial score (nSPS) is 15.2. The van der Waals surface area contributed by atoms with Crippen molar-refractivity contribution in [2.75, 3.05) is 0 Å². The van der Waals surface area contributed by atoms with Crippen molar-refractivity contribution in [2.24, 2.45) is 5.41 Å². The van der Waals surface area contributed by atoms with Gasteiger partial charge >= 0.3 is 0 Å². The van der Waals surface area contributed by atoms with Gasteiger partial charge in [-0.1, -0.05) is 53.4 Å². The molecule has 0 rings (SSSR count). The van der Waals surface area contributed by atoms with Gasteiger partial charge in [0, 0.05) is 0 Å². The molecular weight excluding hydrogens is 210 g/mol. The van der Waals surface area contributed by atoms with E-state index in [0.29, 0.717) is 0 Å². The molecule has 4 N–H and O–H groups in total. The molecule has 0 aromatic carbocycles. The topological polar surface area (TPSA) is 55.2 Å². The lowest BCUT2D eigenvalue weighted by atomic mass is 9.63. The second-order valence-electron chi connectivity index (χ2n) is 5.55. The highest BCUT2D eigenvalue weighted by Gasteiger charge is 2.43. The lowest BCUT2D eigenvalue weighted by Gasteiger charge is -2.46. The van der Waals surface area contributed by atoms with Gasteiger partial charge in [0.15, 0.2) is 0 Å². The number of aliphatic hydroxyl groups is 1. The van der Waals surface area contributed by atoms with Gasteiger partial charge in [0.05, 0.1) is 5.60 Å². The zero-order chi connectivity index (χ0) is 12.7. The van der Waals surface area contributed by atoms with Gasteiger partial charge in [-0.3, -0.25) is 0 Å². The lowest BCUT2D eigenvalue weighted by molar-refractivity contribution is -0.0932. The summed E-state index contributed by atoms with van der Waals surface area (Å²) in [5.74, 6) is 0. The highest BCUT2D eigenvalue weighted by molar-refractivity contribution is 4.95. The van der Waals surface area contributed by atoms with Gasteiger partial charge in [-0.05, 0) is 38.0 Å². The molecule has 0 heterocycles. The smallest absolute Gasteiger partial charge is 0.0675 e. The molecule has 0 aliphatic heterocycles. The maximum atomic E-state index is 10.8. The van der Waals surface area contributed by atoms with Crippen molar-refractivity contribution in [1.82, 2.24) is 6.15 Å². The summed E-state index contributed by atoms with van der Waals surface area (Å²) >= 11 is 0. The lowest BCUT2D eigenvalue weighted by Crippen LogP contribution is -2.46. The number of rotatable bonds is 9. The van der Waals surface area contributed by atoms with Crippen LogP contribution in [0.5, 0.6) is 0 Å². The van der Waals surface area contributed by atoms with Crippen molar-refractivity contribution in [1.29, 1.82) is 0 Å². The van der Waals surface area contributed by atoms with Gasteiger partial charge in [0.2, 0.25) is 0 Å². The van der Waals surface area contributed by atoms with Crippen molar-refractivity contribution < 1.29 is 5.11 Å². The van der Waals surface area contributed by atoms with Crippen molar-refractivity contribution in [3.63, 3.8) is 0 Å². The van der Waals surface area contributed by atoms with Crippen LogP contribution >= 0.6 is 0 Å². The van der Waals surface area contributed by atoms with Crippen LogP contribution in [0.25, 0.3) is 0 Å². The number of hydrogen-bond acceptors (Lipinski definition) is 2. The molecule has 0 aliphatic rings. The molecule has 0 amide bonds. The average molecular weight is 245 g/mol. The van der Waals surface area contributed by atoms with E-state index in [2.05, 4.69) is 34.6 Å². The zero-order valence-electron chi connectivity index (χ0n) is 12.8. The molecule has 0 saturated carbocycles. The predicted octanol–water partition coefficient (Wildman–Crippen LogP) is 5.09. The molecule has 17 heavy (non-hydrogen) atoms. The predicted molar refractivity (Wildman–Crippen MR) is 77.7 cm³/mol. The van der Waals surface area contributed by atoms with Crippen molar-refractivity contribution in [3.05, 3.63) is 0 Å². The largest absolute Gasteiger partial charge is 0.390 e. The highest BCUT2D eigenvalue weighted by Crippen LogP contribution is 2.46. The van der Waals surface area contributed by atoms with Gasteiger partial charge in [0.1, 0.15) is 0 Å². The molecule has 0 bridgehead atoms. The third-order valence-electron chi connectivity index (χ3n) is 4.06. The molecule has 0 aliphatic carbocycles. The van der Waals surface area contributed by atoms with Gasteiger partial charge in [-0.15, -0.1) is 0 Å². The molecule has 0 saturated heterocycles. The Morgan fingerprint density at radius 3 is 1.24 bits per heavy atom. The van der Waals surface area contributed by atoms with Crippen LogP contribution in [-0.2, 0) is 0 Å². The SMILES string of the molecule is CCCC(C)(O)C(CCC)(CCC)CCC.N. The van der Waals surface area contributed by atoms with Gasteiger partial charge < -0.3 is 11.3 Å². The van der Waals surface area contributed by atoms with E-state index in [-0.39, 0.29) is 11.6 Å². The van der Waals surface area contributed by atoms with Crippen molar-refractivity contribution >= 4 is 0 Å². The van der Waals surface area contributed by atoms with E-state index in [1.807, 2.05) is 0 Å². The molecule has 1 atom stereocenters. The monoisotopic (exact) mass is 245 g/mol. The summed E-state index contributed by atoms with van der Waals surface area (Å²) in [4.78, 5) is 0. The summed E-state index contributed by atoms with van der Waals surface area (Å²) in [5, 5.41) is 10.8. The molecule has 0 aromatic rings. The minimum absolute atomic E-state index is 0. The van der Waals surface area contributed by atoms with E-state index < -0.39 is 5.60 Å². The van der Waals surface area contributed by atoms with E-state index in [9.17, 15) is 5.11 Å². The maximum absolute atomic E-state index is 10.8.